The molecule has 2 rings (SSSR count). The van der Waals surface area contributed by atoms with Gasteiger partial charge >= 0.3 is 0 Å². The number of aromatic nitrogens is 3. The molecule has 0 saturated carbocycles. The molecule has 16 heavy (non-hydrogen) atoms. The Bertz CT molecular complexity index is 318. The van der Waals surface area contributed by atoms with E-state index in [0.29, 0.717) is 5.92 Å². The fourth-order valence-electron chi connectivity index (χ4n) is 1.77. The average Bonchev–Trinajstić information content (AvgIpc) is 2.76. The summed E-state index contributed by atoms with van der Waals surface area (Å²) in [6.07, 6.45) is 0.944. The van der Waals surface area contributed by atoms with Crippen LogP contribution in [-0.4, -0.2) is 52.9 Å². The van der Waals surface area contributed by atoms with Crippen molar-refractivity contribution < 1.29 is 4.74 Å². The number of hydrogen-bond donors (Lipinski definition) is 1. The molecule has 1 aromatic heterocycles. The summed E-state index contributed by atoms with van der Waals surface area (Å²) in [4.78, 5) is 6.87. The Labute approximate surface area is 96.2 Å². The van der Waals surface area contributed by atoms with Gasteiger partial charge in [-0.1, -0.05) is 13.8 Å². The SMILES string of the molecule is CC(C)c1n[nH]c(CCN2CCOCC2)n1. The van der Waals surface area contributed by atoms with E-state index in [1.54, 1.807) is 0 Å². The maximum Gasteiger partial charge on any atom is 0.153 e. The molecule has 5 heteroatoms. The summed E-state index contributed by atoms with van der Waals surface area (Å²) in [5, 5.41) is 7.21. The lowest BCUT2D eigenvalue weighted by atomic mass is 10.2. The fraction of sp³-hybridized carbons (Fsp3) is 0.818. The summed E-state index contributed by atoms with van der Waals surface area (Å²) < 4.78 is 5.31. The standard InChI is InChI=1S/C11H20N4O/c1-9(2)11-12-10(13-14-11)3-4-15-5-7-16-8-6-15/h9H,3-8H2,1-2H3,(H,12,13,14). The fourth-order valence-corrected chi connectivity index (χ4v) is 1.77. The molecule has 0 spiro atoms. The minimum Gasteiger partial charge on any atom is -0.379 e. The summed E-state index contributed by atoms with van der Waals surface area (Å²) in [5.41, 5.74) is 0. The molecule has 2 heterocycles. The van der Waals surface area contributed by atoms with Gasteiger partial charge < -0.3 is 4.74 Å². The van der Waals surface area contributed by atoms with E-state index in [9.17, 15) is 0 Å². The second kappa shape index (κ2) is 5.41. The van der Waals surface area contributed by atoms with Crippen molar-refractivity contribution in [2.45, 2.75) is 26.2 Å². The van der Waals surface area contributed by atoms with Gasteiger partial charge in [-0.25, -0.2) is 4.98 Å². The van der Waals surface area contributed by atoms with Crippen LogP contribution in [0.25, 0.3) is 0 Å². The highest BCUT2D eigenvalue weighted by molar-refractivity contribution is 4.95. The number of H-pyrrole nitrogens is 1. The van der Waals surface area contributed by atoms with Crippen molar-refractivity contribution in [3.63, 3.8) is 0 Å². The lowest BCUT2D eigenvalue weighted by molar-refractivity contribution is 0.0382. The molecule has 1 saturated heterocycles. The Balaban J connectivity index is 1.79. The van der Waals surface area contributed by atoms with Crippen LogP contribution in [0.5, 0.6) is 0 Å². The number of hydrogen-bond acceptors (Lipinski definition) is 4. The number of aromatic amines is 1. The molecule has 0 unspecified atom stereocenters. The molecule has 0 bridgehead atoms. The minimum atomic E-state index is 0.397. The molecule has 0 aliphatic carbocycles. The van der Waals surface area contributed by atoms with Crippen molar-refractivity contribution in [3.8, 4) is 0 Å². The van der Waals surface area contributed by atoms with E-state index in [-0.39, 0.29) is 0 Å². The zero-order chi connectivity index (χ0) is 11.4. The molecule has 1 aliphatic heterocycles. The van der Waals surface area contributed by atoms with Gasteiger partial charge in [0.2, 0.25) is 0 Å². The van der Waals surface area contributed by atoms with Crippen LogP contribution in [0, 0.1) is 0 Å². The number of nitrogens with one attached hydrogen (secondary N) is 1. The van der Waals surface area contributed by atoms with Crippen LogP contribution in [0.4, 0.5) is 0 Å². The van der Waals surface area contributed by atoms with Crippen molar-refractivity contribution >= 4 is 0 Å². The Morgan fingerprint density at radius 3 is 2.75 bits per heavy atom. The lowest BCUT2D eigenvalue weighted by Crippen LogP contribution is -2.37. The number of morpholine rings is 1. The number of rotatable bonds is 4. The smallest absolute Gasteiger partial charge is 0.153 e. The van der Waals surface area contributed by atoms with E-state index in [4.69, 9.17) is 4.74 Å². The third-order valence-electron chi connectivity index (χ3n) is 2.83. The van der Waals surface area contributed by atoms with E-state index in [1.807, 2.05) is 0 Å². The van der Waals surface area contributed by atoms with E-state index >= 15 is 0 Å². The maximum atomic E-state index is 5.31. The first kappa shape index (κ1) is 11.5. The van der Waals surface area contributed by atoms with E-state index in [1.165, 1.54) is 0 Å². The van der Waals surface area contributed by atoms with Crippen LogP contribution in [0.3, 0.4) is 0 Å². The van der Waals surface area contributed by atoms with Crippen molar-refractivity contribution in [2.24, 2.45) is 0 Å². The quantitative estimate of drug-likeness (QED) is 0.822. The molecule has 0 radical (unpaired) electrons. The predicted molar refractivity (Wildman–Crippen MR) is 61.4 cm³/mol. The summed E-state index contributed by atoms with van der Waals surface area (Å²) >= 11 is 0. The molecule has 5 nitrogen and oxygen atoms in total. The van der Waals surface area contributed by atoms with Gasteiger partial charge in [0.1, 0.15) is 5.82 Å². The Kier molecular flexibility index (Phi) is 3.90. The van der Waals surface area contributed by atoms with Crippen molar-refractivity contribution in [3.05, 3.63) is 11.6 Å². The van der Waals surface area contributed by atoms with Crippen LogP contribution >= 0.6 is 0 Å². The van der Waals surface area contributed by atoms with Crippen LogP contribution in [0.1, 0.15) is 31.4 Å². The minimum absolute atomic E-state index is 0.397. The predicted octanol–water partition coefficient (Wildman–Crippen LogP) is 0.803. The summed E-state index contributed by atoms with van der Waals surface area (Å²) in [5.74, 6) is 2.31. The monoisotopic (exact) mass is 224 g/mol. The lowest BCUT2D eigenvalue weighted by Gasteiger charge is -2.25. The first-order valence-electron chi connectivity index (χ1n) is 5.97. The van der Waals surface area contributed by atoms with E-state index in [0.717, 1.165) is 50.9 Å². The highest BCUT2D eigenvalue weighted by Gasteiger charge is 2.12. The summed E-state index contributed by atoms with van der Waals surface area (Å²) in [6, 6.07) is 0. The molecule has 0 atom stereocenters. The van der Waals surface area contributed by atoms with Gasteiger partial charge in [-0.05, 0) is 0 Å². The molecular weight excluding hydrogens is 204 g/mol. The van der Waals surface area contributed by atoms with Crippen LogP contribution in [0.2, 0.25) is 0 Å². The Morgan fingerprint density at radius 2 is 2.12 bits per heavy atom. The molecule has 0 aromatic carbocycles. The van der Waals surface area contributed by atoms with Gasteiger partial charge in [0, 0.05) is 32.0 Å². The zero-order valence-corrected chi connectivity index (χ0v) is 10.1. The Hall–Kier alpha value is -0.940. The van der Waals surface area contributed by atoms with Crippen molar-refractivity contribution in [2.75, 3.05) is 32.8 Å². The summed E-state index contributed by atoms with van der Waals surface area (Å²) in [6.45, 7) is 9.03. The van der Waals surface area contributed by atoms with Crippen molar-refractivity contribution in [1.82, 2.24) is 20.1 Å². The van der Waals surface area contributed by atoms with E-state index < -0.39 is 0 Å². The zero-order valence-electron chi connectivity index (χ0n) is 10.1. The maximum absolute atomic E-state index is 5.31. The molecule has 1 fully saturated rings. The Morgan fingerprint density at radius 1 is 1.38 bits per heavy atom. The van der Waals surface area contributed by atoms with Crippen LogP contribution < -0.4 is 0 Å². The van der Waals surface area contributed by atoms with Crippen LogP contribution in [0.15, 0.2) is 0 Å². The van der Waals surface area contributed by atoms with Gasteiger partial charge in [-0.3, -0.25) is 10.00 Å². The largest absolute Gasteiger partial charge is 0.379 e. The van der Waals surface area contributed by atoms with Gasteiger partial charge in [-0.15, -0.1) is 0 Å². The van der Waals surface area contributed by atoms with Crippen LogP contribution in [-0.2, 0) is 11.2 Å². The molecule has 1 aromatic rings. The van der Waals surface area contributed by atoms with Gasteiger partial charge in [0.15, 0.2) is 5.82 Å². The molecule has 90 valence electrons. The van der Waals surface area contributed by atoms with Crippen molar-refractivity contribution in [1.29, 1.82) is 0 Å². The highest BCUT2D eigenvalue weighted by Crippen LogP contribution is 2.08. The molecule has 1 N–H and O–H groups in total. The van der Waals surface area contributed by atoms with Gasteiger partial charge in [0.25, 0.3) is 0 Å². The third-order valence-corrected chi connectivity index (χ3v) is 2.83. The van der Waals surface area contributed by atoms with Gasteiger partial charge in [0.05, 0.1) is 13.2 Å². The second-order valence-corrected chi connectivity index (χ2v) is 4.50. The van der Waals surface area contributed by atoms with E-state index in [2.05, 4.69) is 33.9 Å². The number of ether oxygens (including phenoxy) is 1. The molecule has 1 aliphatic rings. The average molecular weight is 224 g/mol. The first-order valence-corrected chi connectivity index (χ1v) is 5.97. The second-order valence-electron chi connectivity index (χ2n) is 4.50. The molecule has 0 amide bonds. The topological polar surface area (TPSA) is 54.0 Å². The first-order chi connectivity index (χ1) is 7.75. The number of nitrogens with zero attached hydrogens (tertiary/aromatic N) is 3. The summed E-state index contributed by atoms with van der Waals surface area (Å²) in [7, 11) is 0. The highest BCUT2D eigenvalue weighted by atomic mass is 16.5. The normalized spacial score (nSPS) is 18.2. The molecular formula is C11H20N4O. The van der Waals surface area contributed by atoms with Gasteiger partial charge in [-0.2, -0.15) is 5.10 Å². The third kappa shape index (κ3) is 3.02.